The molecule has 1 aliphatic rings. The third-order valence-electron chi connectivity index (χ3n) is 3.67. The van der Waals surface area contributed by atoms with E-state index in [9.17, 15) is 4.79 Å². The molecule has 0 aliphatic carbocycles. The molecule has 0 spiro atoms. The predicted molar refractivity (Wildman–Crippen MR) is 82.3 cm³/mol. The van der Waals surface area contributed by atoms with Gasteiger partial charge in [0, 0.05) is 24.0 Å². The number of hydrogen-bond acceptors (Lipinski definition) is 3. The largest absolute Gasteiger partial charge is 0.312 e. The van der Waals surface area contributed by atoms with Crippen molar-refractivity contribution in [3.05, 3.63) is 45.9 Å². The number of thiazole rings is 1. The number of anilines is 1. The lowest BCUT2D eigenvalue weighted by Gasteiger charge is -2.29. The molecule has 0 N–H and O–H groups in total. The zero-order chi connectivity index (χ0) is 13.9. The summed E-state index contributed by atoms with van der Waals surface area (Å²) in [6.07, 6.45) is 3.41. The van der Waals surface area contributed by atoms with Gasteiger partial charge in [0.1, 0.15) is 0 Å². The first kappa shape index (κ1) is 13.3. The predicted octanol–water partition coefficient (Wildman–Crippen LogP) is 3.36. The summed E-state index contributed by atoms with van der Waals surface area (Å²) in [7, 11) is 0. The van der Waals surface area contributed by atoms with Gasteiger partial charge < -0.3 is 4.90 Å². The average Bonchev–Trinajstić information content (AvgIpc) is 2.90. The molecule has 3 rings (SSSR count). The monoisotopic (exact) mass is 286 g/mol. The van der Waals surface area contributed by atoms with Crippen molar-refractivity contribution in [2.24, 2.45) is 0 Å². The minimum atomic E-state index is 0.211. The molecule has 2 aromatic rings. The fourth-order valence-electron chi connectivity index (χ4n) is 2.69. The Balaban J connectivity index is 1.69. The van der Waals surface area contributed by atoms with E-state index in [1.54, 1.807) is 11.3 Å². The Morgan fingerprint density at radius 2 is 2.25 bits per heavy atom. The van der Waals surface area contributed by atoms with E-state index in [2.05, 4.69) is 17.1 Å². The maximum Gasteiger partial charge on any atom is 0.227 e. The molecule has 1 aliphatic heterocycles. The molecule has 1 aromatic heterocycles. The smallest absolute Gasteiger partial charge is 0.227 e. The van der Waals surface area contributed by atoms with E-state index in [1.807, 2.05) is 29.3 Å². The second-order valence-corrected chi connectivity index (χ2v) is 6.20. The second kappa shape index (κ2) is 5.75. The maximum atomic E-state index is 12.4. The number of amides is 1. The van der Waals surface area contributed by atoms with Crippen LogP contribution in [-0.2, 0) is 17.6 Å². The highest BCUT2D eigenvalue weighted by Crippen LogP contribution is 2.27. The molecule has 4 heteroatoms. The maximum absolute atomic E-state index is 12.4. The van der Waals surface area contributed by atoms with Gasteiger partial charge in [-0.15, -0.1) is 11.3 Å². The first-order valence-electron chi connectivity index (χ1n) is 7.03. The lowest BCUT2D eigenvalue weighted by atomic mass is 10.0. The van der Waals surface area contributed by atoms with Crippen molar-refractivity contribution in [2.45, 2.75) is 32.6 Å². The average molecular weight is 286 g/mol. The van der Waals surface area contributed by atoms with Crippen molar-refractivity contribution < 1.29 is 4.79 Å². The Morgan fingerprint density at radius 3 is 3.05 bits per heavy atom. The molecular weight excluding hydrogens is 268 g/mol. The van der Waals surface area contributed by atoms with E-state index >= 15 is 0 Å². The van der Waals surface area contributed by atoms with Crippen LogP contribution in [0.25, 0.3) is 0 Å². The quantitative estimate of drug-likeness (QED) is 0.867. The first-order valence-corrected chi connectivity index (χ1v) is 7.91. The van der Waals surface area contributed by atoms with Crippen LogP contribution in [0.15, 0.2) is 29.6 Å². The highest BCUT2D eigenvalue weighted by Gasteiger charge is 2.21. The van der Waals surface area contributed by atoms with Gasteiger partial charge in [0.2, 0.25) is 5.91 Å². The van der Waals surface area contributed by atoms with Gasteiger partial charge in [0.25, 0.3) is 0 Å². The Bertz CT molecular complexity index is 620. The van der Waals surface area contributed by atoms with E-state index in [4.69, 9.17) is 0 Å². The standard InChI is InChI=1S/C16H18N2OS/c1-12-17-14(11-20-12)8-9-16(19)18-10-4-6-13-5-2-3-7-15(13)18/h2-3,5,7,11H,4,6,8-10H2,1H3. The van der Waals surface area contributed by atoms with Gasteiger partial charge in [-0.1, -0.05) is 18.2 Å². The fraction of sp³-hybridized carbons (Fsp3) is 0.375. The molecule has 0 saturated heterocycles. The van der Waals surface area contributed by atoms with Gasteiger partial charge in [0.05, 0.1) is 10.7 Å². The zero-order valence-electron chi connectivity index (χ0n) is 11.6. The van der Waals surface area contributed by atoms with E-state index in [0.717, 1.165) is 42.2 Å². The summed E-state index contributed by atoms with van der Waals surface area (Å²) in [5, 5.41) is 3.11. The zero-order valence-corrected chi connectivity index (χ0v) is 12.4. The number of para-hydroxylation sites is 1. The SMILES string of the molecule is Cc1nc(CCC(=O)N2CCCc3ccccc32)cs1. The number of aryl methyl sites for hydroxylation is 3. The van der Waals surface area contributed by atoms with E-state index < -0.39 is 0 Å². The number of benzene rings is 1. The highest BCUT2D eigenvalue weighted by atomic mass is 32.1. The second-order valence-electron chi connectivity index (χ2n) is 5.14. The highest BCUT2D eigenvalue weighted by molar-refractivity contribution is 7.09. The molecule has 0 saturated carbocycles. The van der Waals surface area contributed by atoms with Gasteiger partial charge in [-0.2, -0.15) is 0 Å². The van der Waals surface area contributed by atoms with Crippen LogP contribution in [0.5, 0.6) is 0 Å². The number of rotatable bonds is 3. The van der Waals surface area contributed by atoms with Crippen LogP contribution in [0, 0.1) is 6.92 Å². The number of carbonyl (C=O) groups excluding carboxylic acids is 1. The van der Waals surface area contributed by atoms with E-state index in [-0.39, 0.29) is 5.91 Å². The molecule has 0 radical (unpaired) electrons. The summed E-state index contributed by atoms with van der Waals surface area (Å²) in [5.74, 6) is 0.211. The van der Waals surface area contributed by atoms with Crippen molar-refractivity contribution in [1.82, 2.24) is 4.98 Å². The molecule has 0 atom stereocenters. The van der Waals surface area contributed by atoms with Crippen LogP contribution in [0.3, 0.4) is 0 Å². The summed E-state index contributed by atoms with van der Waals surface area (Å²) in [6.45, 7) is 2.84. The van der Waals surface area contributed by atoms with E-state index in [1.165, 1.54) is 5.56 Å². The Morgan fingerprint density at radius 1 is 1.40 bits per heavy atom. The first-order chi connectivity index (χ1) is 9.74. The van der Waals surface area contributed by atoms with Crippen LogP contribution in [0.4, 0.5) is 5.69 Å². The normalized spacial score (nSPS) is 14.2. The summed E-state index contributed by atoms with van der Waals surface area (Å²) in [6, 6.07) is 8.23. The molecule has 1 amide bonds. The van der Waals surface area contributed by atoms with Crippen LogP contribution in [0.2, 0.25) is 0 Å². The number of carbonyl (C=O) groups is 1. The molecule has 0 bridgehead atoms. The number of hydrogen-bond donors (Lipinski definition) is 0. The molecule has 3 nitrogen and oxygen atoms in total. The molecule has 20 heavy (non-hydrogen) atoms. The van der Waals surface area contributed by atoms with Crippen LogP contribution >= 0.6 is 11.3 Å². The molecular formula is C16H18N2OS. The van der Waals surface area contributed by atoms with Crippen LogP contribution in [0.1, 0.15) is 29.1 Å². The lowest BCUT2D eigenvalue weighted by Crippen LogP contribution is -2.35. The van der Waals surface area contributed by atoms with Gasteiger partial charge in [-0.3, -0.25) is 4.79 Å². The number of aromatic nitrogens is 1. The van der Waals surface area contributed by atoms with Crippen LogP contribution in [-0.4, -0.2) is 17.4 Å². The Hall–Kier alpha value is -1.68. The molecule has 1 aromatic carbocycles. The van der Waals surface area contributed by atoms with Crippen molar-refractivity contribution >= 4 is 22.9 Å². The topological polar surface area (TPSA) is 33.2 Å². The molecule has 0 unspecified atom stereocenters. The van der Waals surface area contributed by atoms with Crippen molar-refractivity contribution in [1.29, 1.82) is 0 Å². The third kappa shape index (κ3) is 2.75. The Kier molecular flexibility index (Phi) is 3.83. The minimum absolute atomic E-state index is 0.211. The minimum Gasteiger partial charge on any atom is -0.312 e. The summed E-state index contributed by atoms with van der Waals surface area (Å²) in [4.78, 5) is 18.8. The third-order valence-corrected chi connectivity index (χ3v) is 4.50. The Labute approximate surface area is 123 Å². The molecule has 2 heterocycles. The summed E-state index contributed by atoms with van der Waals surface area (Å²) in [5.41, 5.74) is 3.42. The van der Waals surface area contributed by atoms with Gasteiger partial charge in [0.15, 0.2) is 0 Å². The van der Waals surface area contributed by atoms with Crippen molar-refractivity contribution in [3.8, 4) is 0 Å². The fourth-order valence-corrected chi connectivity index (χ4v) is 3.33. The van der Waals surface area contributed by atoms with Crippen LogP contribution < -0.4 is 4.90 Å². The van der Waals surface area contributed by atoms with Gasteiger partial charge in [-0.25, -0.2) is 4.98 Å². The molecule has 104 valence electrons. The van der Waals surface area contributed by atoms with E-state index in [0.29, 0.717) is 6.42 Å². The van der Waals surface area contributed by atoms with Crippen molar-refractivity contribution in [2.75, 3.05) is 11.4 Å². The number of nitrogens with zero attached hydrogens (tertiary/aromatic N) is 2. The molecule has 0 fully saturated rings. The summed E-state index contributed by atoms with van der Waals surface area (Å²) < 4.78 is 0. The van der Waals surface area contributed by atoms with Crippen molar-refractivity contribution in [3.63, 3.8) is 0 Å². The summed E-state index contributed by atoms with van der Waals surface area (Å²) >= 11 is 1.64. The number of fused-ring (bicyclic) bond motifs is 1. The van der Waals surface area contributed by atoms with Gasteiger partial charge >= 0.3 is 0 Å². The lowest BCUT2D eigenvalue weighted by molar-refractivity contribution is -0.118. The van der Waals surface area contributed by atoms with Gasteiger partial charge in [-0.05, 0) is 37.8 Å².